The first-order valence-corrected chi connectivity index (χ1v) is 9.70. The number of aromatic amines is 1. The molecule has 2 N–H and O–H groups in total. The van der Waals surface area contributed by atoms with Crippen molar-refractivity contribution in [3.8, 4) is 11.4 Å². The largest absolute Gasteiger partial charge is 0.357 e. The van der Waals surface area contributed by atoms with Crippen molar-refractivity contribution in [3.63, 3.8) is 0 Å². The molecule has 4 aromatic rings. The number of H-pyrrole nitrogens is 1. The molecule has 0 bridgehead atoms. The summed E-state index contributed by atoms with van der Waals surface area (Å²) in [7, 11) is 0. The number of aromatic nitrogens is 4. The second-order valence-electron chi connectivity index (χ2n) is 7.05. The molecule has 144 valence electrons. The summed E-state index contributed by atoms with van der Waals surface area (Å²) in [5.74, 6) is 1.96. The molecule has 3 aromatic heterocycles. The van der Waals surface area contributed by atoms with Crippen molar-refractivity contribution in [2.24, 2.45) is 0 Å². The van der Waals surface area contributed by atoms with E-state index < -0.39 is 0 Å². The number of anilines is 2. The average molecular weight is 384 g/mol. The van der Waals surface area contributed by atoms with E-state index in [0.29, 0.717) is 16.9 Å². The minimum Gasteiger partial charge on any atom is -0.357 e. The van der Waals surface area contributed by atoms with Gasteiger partial charge in [-0.3, -0.25) is 4.79 Å². The van der Waals surface area contributed by atoms with E-state index in [9.17, 15) is 4.79 Å². The van der Waals surface area contributed by atoms with Crippen molar-refractivity contribution in [2.75, 3.05) is 23.3 Å². The maximum atomic E-state index is 12.8. The van der Waals surface area contributed by atoms with Crippen molar-refractivity contribution in [1.29, 1.82) is 0 Å². The average Bonchev–Trinajstić information content (AvgIpc) is 3.44. The van der Waals surface area contributed by atoms with E-state index in [2.05, 4.69) is 31.2 Å². The monoisotopic (exact) mass is 384 g/mol. The van der Waals surface area contributed by atoms with Gasteiger partial charge in [0.15, 0.2) is 0 Å². The van der Waals surface area contributed by atoms with Crippen LogP contribution < -0.4 is 10.2 Å². The number of carbonyl (C=O) groups excluding carboxylic acids is 1. The van der Waals surface area contributed by atoms with Crippen molar-refractivity contribution >= 4 is 28.6 Å². The molecule has 7 heteroatoms. The number of nitrogens with zero attached hydrogens (tertiary/aromatic N) is 4. The summed E-state index contributed by atoms with van der Waals surface area (Å²) in [6, 6.07) is 14.9. The fourth-order valence-corrected chi connectivity index (χ4v) is 3.66. The van der Waals surface area contributed by atoms with Gasteiger partial charge in [0.05, 0.1) is 11.1 Å². The van der Waals surface area contributed by atoms with E-state index in [1.807, 2.05) is 36.5 Å². The van der Waals surface area contributed by atoms with Crippen LogP contribution in [0, 0.1) is 0 Å². The molecule has 4 heterocycles. The maximum absolute atomic E-state index is 12.8. The summed E-state index contributed by atoms with van der Waals surface area (Å²) in [5, 5.41) is 2.82. The third kappa shape index (κ3) is 3.42. The number of fused-ring (bicyclic) bond motifs is 1. The molecule has 0 unspecified atom stereocenters. The van der Waals surface area contributed by atoms with Gasteiger partial charge in [0.25, 0.3) is 5.91 Å². The highest BCUT2D eigenvalue weighted by Crippen LogP contribution is 2.26. The predicted octanol–water partition coefficient (Wildman–Crippen LogP) is 3.87. The first-order valence-electron chi connectivity index (χ1n) is 9.70. The maximum Gasteiger partial charge on any atom is 0.259 e. The Kier molecular flexibility index (Phi) is 4.40. The van der Waals surface area contributed by atoms with Crippen LogP contribution in [0.2, 0.25) is 0 Å². The van der Waals surface area contributed by atoms with E-state index in [4.69, 9.17) is 4.98 Å². The quantitative estimate of drug-likeness (QED) is 0.558. The Morgan fingerprint density at radius 2 is 1.90 bits per heavy atom. The second-order valence-corrected chi connectivity index (χ2v) is 7.05. The lowest BCUT2D eigenvalue weighted by Crippen LogP contribution is -2.18. The zero-order chi connectivity index (χ0) is 19.6. The molecule has 0 atom stereocenters. The number of pyridine rings is 2. The SMILES string of the molecule is O=C(Nc1ccccn1)c1cccc2[nH]c(-c3ccnc(N4CCCC4)c3)nc12. The molecule has 0 aliphatic carbocycles. The fourth-order valence-electron chi connectivity index (χ4n) is 3.66. The Balaban J connectivity index is 1.49. The molecule has 0 spiro atoms. The Morgan fingerprint density at radius 3 is 2.72 bits per heavy atom. The van der Waals surface area contributed by atoms with Crippen LogP contribution >= 0.6 is 0 Å². The molecule has 7 nitrogen and oxygen atoms in total. The number of amides is 1. The molecule has 1 aromatic carbocycles. The number of rotatable bonds is 4. The molecule has 5 rings (SSSR count). The van der Waals surface area contributed by atoms with Crippen molar-refractivity contribution in [3.05, 3.63) is 66.5 Å². The molecular formula is C22H20N6O. The normalized spacial score (nSPS) is 13.7. The van der Waals surface area contributed by atoms with Gasteiger partial charge in [-0.2, -0.15) is 0 Å². The van der Waals surface area contributed by atoms with Gasteiger partial charge in [-0.1, -0.05) is 12.1 Å². The zero-order valence-electron chi connectivity index (χ0n) is 15.8. The summed E-state index contributed by atoms with van der Waals surface area (Å²) in [4.78, 5) is 31.8. The van der Waals surface area contributed by atoms with Gasteiger partial charge in [0.2, 0.25) is 0 Å². The highest BCUT2D eigenvalue weighted by atomic mass is 16.1. The highest BCUT2D eigenvalue weighted by molar-refractivity contribution is 6.11. The minimum atomic E-state index is -0.236. The van der Waals surface area contributed by atoms with Crippen LogP contribution in [0.4, 0.5) is 11.6 Å². The lowest BCUT2D eigenvalue weighted by molar-refractivity contribution is 0.102. The highest BCUT2D eigenvalue weighted by Gasteiger charge is 2.17. The number of hydrogen-bond donors (Lipinski definition) is 2. The topological polar surface area (TPSA) is 86.8 Å². The fraction of sp³-hybridized carbons (Fsp3) is 0.182. The van der Waals surface area contributed by atoms with E-state index in [-0.39, 0.29) is 5.91 Å². The van der Waals surface area contributed by atoms with E-state index in [1.54, 1.807) is 18.3 Å². The van der Waals surface area contributed by atoms with Gasteiger partial charge < -0.3 is 15.2 Å². The van der Waals surface area contributed by atoms with Crippen molar-refractivity contribution in [1.82, 2.24) is 19.9 Å². The smallest absolute Gasteiger partial charge is 0.259 e. The van der Waals surface area contributed by atoms with Gasteiger partial charge in [0, 0.05) is 31.0 Å². The van der Waals surface area contributed by atoms with Crippen LogP contribution in [-0.2, 0) is 0 Å². The van der Waals surface area contributed by atoms with Crippen LogP contribution in [0.3, 0.4) is 0 Å². The molecule has 1 aliphatic rings. The summed E-state index contributed by atoms with van der Waals surface area (Å²) in [5.41, 5.74) is 2.90. The minimum absolute atomic E-state index is 0.236. The first-order chi connectivity index (χ1) is 14.3. The van der Waals surface area contributed by atoms with E-state index >= 15 is 0 Å². The van der Waals surface area contributed by atoms with Crippen molar-refractivity contribution < 1.29 is 4.79 Å². The Labute approximate surface area is 167 Å². The first kappa shape index (κ1) is 17.4. The van der Waals surface area contributed by atoms with Crippen LogP contribution in [0.25, 0.3) is 22.4 Å². The standard InChI is InChI=1S/C22H20N6O/c29-22(26-18-8-1-2-10-23-18)16-6-5-7-17-20(16)27-21(25-17)15-9-11-24-19(14-15)28-12-3-4-13-28/h1-2,5-11,14H,3-4,12-13H2,(H,25,27)(H,23,26,29). The number of benzene rings is 1. The summed E-state index contributed by atoms with van der Waals surface area (Å²) < 4.78 is 0. The summed E-state index contributed by atoms with van der Waals surface area (Å²) in [6.45, 7) is 2.07. The molecule has 29 heavy (non-hydrogen) atoms. The Hall–Kier alpha value is -3.74. The molecule has 1 saturated heterocycles. The van der Waals surface area contributed by atoms with E-state index in [0.717, 1.165) is 35.8 Å². The van der Waals surface area contributed by atoms with Gasteiger partial charge in [-0.25, -0.2) is 15.0 Å². The zero-order valence-corrected chi connectivity index (χ0v) is 15.8. The Bertz CT molecular complexity index is 1160. The van der Waals surface area contributed by atoms with Crippen LogP contribution in [-0.4, -0.2) is 38.9 Å². The van der Waals surface area contributed by atoms with Gasteiger partial charge >= 0.3 is 0 Å². The summed E-state index contributed by atoms with van der Waals surface area (Å²) >= 11 is 0. The number of hydrogen-bond acceptors (Lipinski definition) is 5. The van der Waals surface area contributed by atoms with Crippen LogP contribution in [0.5, 0.6) is 0 Å². The van der Waals surface area contributed by atoms with Gasteiger partial charge in [-0.05, 0) is 49.2 Å². The third-order valence-electron chi connectivity index (χ3n) is 5.11. The molecule has 1 aliphatic heterocycles. The van der Waals surface area contributed by atoms with E-state index in [1.165, 1.54) is 12.8 Å². The molecule has 1 fully saturated rings. The predicted molar refractivity (Wildman–Crippen MR) is 113 cm³/mol. The molecular weight excluding hydrogens is 364 g/mol. The Morgan fingerprint density at radius 1 is 1.00 bits per heavy atom. The summed E-state index contributed by atoms with van der Waals surface area (Å²) in [6.07, 6.45) is 5.85. The van der Waals surface area contributed by atoms with Crippen LogP contribution in [0.1, 0.15) is 23.2 Å². The molecule has 0 radical (unpaired) electrons. The lowest BCUT2D eigenvalue weighted by atomic mass is 10.1. The van der Waals surface area contributed by atoms with Crippen LogP contribution in [0.15, 0.2) is 60.9 Å². The van der Waals surface area contributed by atoms with Gasteiger partial charge in [-0.15, -0.1) is 0 Å². The number of imidazole rings is 1. The second kappa shape index (κ2) is 7.35. The lowest BCUT2D eigenvalue weighted by Gasteiger charge is -2.16. The third-order valence-corrected chi connectivity index (χ3v) is 5.11. The molecule has 1 amide bonds. The van der Waals surface area contributed by atoms with Crippen molar-refractivity contribution in [2.45, 2.75) is 12.8 Å². The number of nitrogens with one attached hydrogen (secondary N) is 2. The van der Waals surface area contributed by atoms with Gasteiger partial charge in [0.1, 0.15) is 23.0 Å². The molecule has 0 saturated carbocycles. The number of carbonyl (C=O) groups is 1. The number of para-hydroxylation sites is 1.